The number of carbonyl (C=O) groups is 1. The lowest BCUT2D eigenvalue weighted by atomic mass is 10.1. The van der Waals surface area contributed by atoms with E-state index in [1.165, 1.54) is 5.56 Å². The first-order valence-corrected chi connectivity index (χ1v) is 14.8. The molecule has 1 aliphatic rings. The quantitative estimate of drug-likeness (QED) is 0.169. The fourth-order valence-corrected chi connectivity index (χ4v) is 5.30. The van der Waals surface area contributed by atoms with Crippen LogP contribution in [0.25, 0.3) is 12.2 Å². The molecule has 0 aliphatic carbocycles. The first kappa shape index (κ1) is 30.4. The van der Waals surface area contributed by atoms with Crippen LogP contribution >= 0.6 is 23.2 Å². The number of nitrogens with zero attached hydrogens (tertiary/aromatic N) is 3. The summed E-state index contributed by atoms with van der Waals surface area (Å²) < 4.78 is 11.8. The van der Waals surface area contributed by atoms with Crippen molar-refractivity contribution < 1.29 is 14.3 Å². The highest BCUT2D eigenvalue weighted by atomic mass is 35.5. The summed E-state index contributed by atoms with van der Waals surface area (Å²) in [4.78, 5) is 21.5. The Hall–Kier alpha value is -4.10. The molecular weight excluding hydrogens is 581 g/mol. The van der Waals surface area contributed by atoms with Gasteiger partial charge in [0.05, 0.1) is 11.2 Å². The molecule has 0 atom stereocenters. The molecule has 0 spiro atoms. The Morgan fingerprint density at radius 3 is 2.40 bits per heavy atom. The highest BCUT2D eigenvalue weighted by molar-refractivity contribution is 6.32. The number of ether oxygens (including phenoxy) is 2. The standard InChI is InChI=1S/C35H33Cl2N3O3/c1-3-26-8-10-27(11-9-26)23-39-16-18-40(19-17-39)34(41)15-12-28-20-25(2)35(32(37)21-28)43-33-14-13-30(22-38-33)42-24-29-6-4-5-7-31(29)36/h3-15,20-22H,1,16-19,23-24H2,2H3. The molecule has 1 aliphatic heterocycles. The molecule has 5 rings (SSSR count). The summed E-state index contributed by atoms with van der Waals surface area (Å²) in [5.41, 5.74) is 4.92. The number of hydrogen-bond acceptors (Lipinski definition) is 5. The van der Waals surface area contributed by atoms with Gasteiger partial charge in [0.1, 0.15) is 12.4 Å². The average molecular weight is 615 g/mol. The number of pyridine rings is 1. The number of aromatic nitrogens is 1. The van der Waals surface area contributed by atoms with Crippen LogP contribution in [-0.2, 0) is 17.9 Å². The van der Waals surface area contributed by atoms with Crippen molar-refractivity contribution in [3.05, 3.63) is 130 Å². The Morgan fingerprint density at radius 2 is 1.72 bits per heavy atom. The van der Waals surface area contributed by atoms with Gasteiger partial charge in [-0.25, -0.2) is 4.98 Å². The van der Waals surface area contributed by atoms with Gasteiger partial charge in [-0.1, -0.05) is 78.3 Å². The minimum absolute atomic E-state index is 0.00914. The van der Waals surface area contributed by atoms with E-state index in [2.05, 4.69) is 40.7 Å². The van der Waals surface area contributed by atoms with Crippen molar-refractivity contribution in [1.29, 1.82) is 0 Å². The molecule has 0 radical (unpaired) electrons. The van der Waals surface area contributed by atoms with Gasteiger partial charge in [0.15, 0.2) is 5.75 Å². The van der Waals surface area contributed by atoms with Gasteiger partial charge >= 0.3 is 0 Å². The molecule has 2 heterocycles. The smallest absolute Gasteiger partial charge is 0.246 e. The predicted molar refractivity (Wildman–Crippen MR) is 174 cm³/mol. The summed E-state index contributed by atoms with van der Waals surface area (Å²) in [6.07, 6.45) is 6.84. The van der Waals surface area contributed by atoms with Crippen LogP contribution in [0.2, 0.25) is 10.0 Å². The topological polar surface area (TPSA) is 54.9 Å². The maximum atomic E-state index is 12.9. The van der Waals surface area contributed by atoms with Gasteiger partial charge in [-0.2, -0.15) is 0 Å². The Morgan fingerprint density at radius 1 is 0.953 bits per heavy atom. The first-order valence-electron chi connectivity index (χ1n) is 14.1. The van der Waals surface area contributed by atoms with Crippen LogP contribution in [0.5, 0.6) is 17.4 Å². The van der Waals surface area contributed by atoms with Crippen molar-refractivity contribution in [3.63, 3.8) is 0 Å². The third-order valence-corrected chi connectivity index (χ3v) is 7.89. The van der Waals surface area contributed by atoms with E-state index >= 15 is 0 Å². The van der Waals surface area contributed by atoms with E-state index in [1.54, 1.807) is 36.5 Å². The molecule has 1 fully saturated rings. The zero-order valence-corrected chi connectivity index (χ0v) is 25.5. The Bertz CT molecular complexity index is 1570. The average Bonchev–Trinajstić information content (AvgIpc) is 3.02. The van der Waals surface area contributed by atoms with Crippen LogP contribution in [0.4, 0.5) is 0 Å². The number of amides is 1. The third kappa shape index (κ3) is 8.26. The van der Waals surface area contributed by atoms with Gasteiger partial charge in [-0.15, -0.1) is 0 Å². The van der Waals surface area contributed by atoms with E-state index < -0.39 is 0 Å². The highest BCUT2D eigenvalue weighted by Gasteiger charge is 2.20. The van der Waals surface area contributed by atoms with E-state index in [0.29, 0.717) is 47.1 Å². The maximum Gasteiger partial charge on any atom is 0.246 e. The molecule has 0 unspecified atom stereocenters. The van der Waals surface area contributed by atoms with Crippen molar-refractivity contribution >= 4 is 41.3 Å². The largest absolute Gasteiger partial charge is 0.487 e. The molecule has 0 bridgehead atoms. The monoisotopic (exact) mass is 613 g/mol. The Kier molecular flexibility index (Phi) is 10.2. The molecule has 1 saturated heterocycles. The summed E-state index contributed by atoms with van der Waals surface area (Å²) in [5.74, 6) is 1.49. The van der Waals surface area contributed by atoms with Crippen LogP contribution in [0, 0.1) is 6.92 Å². The third-order valence-electron chi connectivity index (χ3n) is 7.24. The molecule has 6 nitrogen and oxygen atoms in total. The second-order valence-corrected chi connectivity index (χ2v) is 11.2. The molecule has 43 heavy (non-hydrogen) atoms. The van der Waals surface area contributed by atoms with Crippen LogP contribution in [0.3, 0.4) is 0 Å². The van der Waals surface area contributed by atoms with Crippen LogP contribution in [0.1, 0.15) is 27.8 Å². The summed E-state index contributed by atoms with van der Waals surface area (Å²) in [7, 11) is 0. The minimum Gasteiger partial charge on any atom is -0.487 e. The maximum absolute atomic E-state index is 12.9. The van der Waals surface area contributed by atoms with E-state index in [4.69, 9.17) is 32.7 Å². The van der Waals surface area contributed by atoms with Gasteiger partial charge in [-0.05, 0) is 59.5 Å². The molecular formula is C35H33Cl2N3O3. The van der Waals surface area contributed by atoms with Gasteiger partial charge < -0.3 is 14.4 Å². The minimum atomic E-state index is -0.00914. The number of hydrogen-bond donors (Lipinski definition) is 0. The normalized spacial score (nSPS) is 13.7. The molecule has 0 N–H and O–H groups in total. The molecule has 0 saturated carbocycles. The summed E-state index contributed by atoms with van der Waals surface area (Å²) in [6.45, 7) is 9.98. The second kappa shape index (κ2) is 14.4. The van der Waals surface area contributed by atoms with Crippen molar-refractivity contribution in [2.75, 3.05) is 26.2 Å². The molecule has 220 valence electrons. The molecule has 8 heteroatoms. The lowest BCUT2D eigenvalue weighted by Crippen LogP contribution is -2.47. The van der Waals surface area contributed by atoms with E-state index in [9.17, 15) is 4.79 Å². The first-order chi connectivity index (χ1) is 20.9. The summed E-state index contributed by atoms with van der Waals surface area (Å²) in [6, 6.07) is 23.2. The SMILES string of the molecule is C=Cc1ccc(CN2CCN(C(=O)C=Cc3cc(C)c(Oc4ccc(OCc5ccccc5Cl)cn4)c(Cl)c3)CC2)cc1. The lowest BCUT2D eigenvalue weighted by molar-refractivity contribution is -0.127. The number of benzene rings is 3. The lowest BCUT2D eigenvalue weighted by Gasteiger charge is -2.34. The fraction of sp³-hybridized carbons (Fsp3) is 0.200. The van der Waals surface area contributed by atoms with Crippen molar-refractivity contribution in [3.8, 4) is 17.4 Å². The zero-order chi connectivity index (χ0) is 30.2. The van der Waals surface area contributed by atoms with Gasteiger partial charge in [0.25, 0.3) is 0 Å². The highest BCUT2D eigenvalue weighted by Crippen LogP contribution is 2.34. The van der Waals surface area contributed by atoms with Gasteiger partial charge in [-0.3, -0.25) is 9.69 Å². The molecule has 1 amide bonds. The number of piperazine rings is 1. The Balaban J connectivity index is 1.12. The van der Waals surface area contributed by atoms with Gasteiger partial charge in [0.2, 0.25) is 11.8 Å². The van der Waals surface area contributed by atoms with Crippen LogP contribution < -0.4 is 9.47 Å². The van der Waals surface area contributed by atoms with Crippen molar-refractivity contribution in [2.45, 2.75) is 20.1 Å². The summed E-state index contributed by atoms with van der Waals surface area (Å²) >= 11 is 12.8. The number of aryl methyl sites for hydroxylation is 1. The molecule has 1 aromatic heterocycles. The number of halogens is 2. The van der Waals surface area contributed by atoms with E-state index in [1.807, 2.05) is 48.2 Å². The molecule has 3 aromatic carbocycles. The second-order valence-electron chi connectivity index (χ2n) is 10.3. The number of rotatable bonds is 10. The fourth-order valence-electron chi connectivity index (χ4n) is 4.79. The summed E-state index contributed by atoms with van der Waals surface area (Å²) in [5, 5.41) is 1.09. The molecule has 4 aromatic rings. The van der Waals surface area contributed by atoms with Crippen LogP contribution in [0.15, 0.2) is 91.6 Å². The number of carbonyl (C=O) groups excluding carboxylic acids is 1. The van der Waals surface area contributed by atoms with Crippen molar-refractivity contribution in [2.24, 2.45) is 0 Å². The zero-order valence-electron chi connectivity index (χ0n) is 24.0. The predicted octanol–water partition coefficient (Wildman–Crippen LogP) is 8.07. The van der Waals surface area contributed by atoms with Gasteiger partial charge in [0, 0.05) is 55.5 Å². The van der Waals surface area contributed by atoms with Crippen LogP contribution in [-0.4, -0.2) is 46.9 Å². The van der Waals surface area contributed by atoms with Crippen molar-refractivity contribution in [1.82, 2.24) is 14.8 Å². The van der Waals surface area contributed by atoms with E-state index in [0.717, 1.165) is 41.9 Å². The Labute approximate surface area is 262 Å². The van der Waals surface area contributed by atoms with E-state index in [-0.39, 0.29) is 5.91 Å².